The van der Waals surface area contributed by atoms with Gasteiger partial charge in [-0.1, -0.05) is 6.07 Å². The molecule has 0 spiro atoms. The monoisotopic (exact) mass is 236 g/mol. The van der Waals surface area contributed by atoms with Gasteiger partial charge in [-0.3, -0.25) is 0 Å². The number of hydrogen-bond acceptors (Lipinski definition) is 2. The molecular formula is C10H12F4N2. The molecule has 90 valence electrons. The zero-order valence-electron chi connectivity index (χ0n) is 8.39. The summed E-state index contributed by atoms with van der Waals surface area (Å²) in [5.41, 5.74) is 9.89. The van der Waals surface area contributed by atoms with Gasteiger partial charge in [0.05, 0.1) is 5.56 Å². The first-order valence-electron chi connectivity index (χ1n) is 4.68. The van der Waals surface area contributed by atoms with Crippen LogP contribution in [0, 0.1) is 5.82 Å². The molecule has 4 N–H and O–H groups in total. The minimum absolute atomic E-state index is 0.295. The number of halogens is 4. The van der Waals surface area contributed by atoms with E-state index in [1.165, 1.54) is 6.07 Å². The third-order valence-corrected chi connectivity index (χ3v) is 2.20. The quantitative estimate of drug-likeness (QED) is 0.790. The molecule has 1 aromatic carbocycles. The molecule has 0 aliphatic rings. The third kappa shape index (κ3) is 2.93. The van der Waals surface area contributed by atoms with E-state index in [-0.39, 0.29) is 0 Å². The van der Waals surface area contributed by atoms with Crippen molar-refractivity contribution >= 4 is 0 Å². The number of nitrogens with two attached hydrogens (primary N) is 2. The lowest BCUT2D eigenvalue weighted by Crippen LogP contribution is -2.16. The molecule has 0 heterocycles. The van der Waals surface area contributed by atoms with E-state index in [2.05, 4.69) is 0 Å². The van der Waals surface area contributed by atoms with E-state index < -0.39 is 23.6 Å². The largest absolute Gasteiger partial charge is 0.419 e. The molecule has 6 heteroatoms. The van der Waals surface area contributed by atoms with Gasteiger partial charge in [0.15, 0.2) is 0 Å². The van der Waals surface area contributed by atoms with E-state index in [1.807, 2.05) is 0 Å². The third-order valence-electron chi connectivity index (χ3n) is 2.20. The van der Waals surface area contributed by atoms with Crippen LogP contribution in [0.2, 0.25) is 0 Å². The van der Waals surface area contributed by atoms with Crippen molar-refractivity contribution in [2.24, 2.45) is 11.5 Å². The normalized spacial score (nSPS) is 13.9. The molecule has 1 atom stereocenters. The van der Waals surface area contributed by atoms with Crippen molar-refractivity contribution in [2.75, 3.05) is 6.54 Å². The Kier molecular flexibility index (Phi) is 3.88. The summed E-state index contributed by atoms with van der Waals surface area (Å²) in [5.74, 6) is -1.31. The Morgan fingerprint density at radius 3 is 2.31 bits per heavy atom. The lowest BCUT2D eigenvalue weighted by atomic mass is 10.0. The second-order valence-corrected chi connectivity index (χ2v) is 3.42. The molecule has 0 bridgehead atoms. The average molecular weight is 236 g/mol. The number of rotatable bonds is 3. The van der Waals surface area contributed by atoms with Gasteiger partial charge in [-0.15, -0.1) is 0 Å². The van der Waals surface area contributed by atoms with Gasteiger partial charge in [-0.2, -0.15) is 13.2 Å². The Labute approximate surface area is 90.2 Å². The maximum absolute atomic E-state index is 13.1. The summed E-state index contributed by atoms with van der Waals surface area (Å²) in [7, 11) is 0. The maximum Gasteiger partial charge on any atom is 0.419 e. The van der Waals surface area contributed by atoms with Crippen LogP contribution < -0.4 is 11.5 Å². The molecule has 0 saturated carbocycles. The highest BCUT2D eigenvalue weighted by Crippen LogP contribution is 2.32. The second kappa shape index (κ2) is 4.80. The molecule has 2 nitrogen and oxygen atoms in total. The van der Waals surface area contributed by atoms with Gasteiger partial charge in [-0.05, 0) is 30.7 Å². The van der Waals surface area contributed by atoms with Crippen molar-refractivity contribution in [1.82, 2.24) is 0 Å². The molecule has 1 aromatic rings. The molecular weight excluding hydrogens is 224 g/mol. The van der Waals surface area contributed by atoms with Gasteiger partial charge >= 0.3 is 6.18 Å². The zero-order chi connectivity index (χ0) is 12.3. The summed E-state index contributed by atoms with van der Waals surface area (Å²) in [4.78, 5) is 0. The van der Waals surface area contributed by atoms with Gasteiger partial charge in [0, 0.05) is 6.04 Å². The predicted octanol–water partition coefficient (Wildman–Crippen LogP) is 2.19. The molecule has 0 aliphatic carbocycles. The van der Waals surface area contributed by atoms with Crippen molar-refractivity contribution in [1.29, 1.82) is 0 Å². The van der Waals surface area contributed by atoms with Gasteiger partial charge < -0.3 is 11.5 Å². The average Bonchev–Trinajstić information content (AvgIpc) is 2.16. The fraction of sp³-hybridized carbons (Fsp3) is 0.400. The van der Waals surface area contributed by atoms with Crippen molar-refractivity contribution in [3.05, 3.63) is 35.1 Å². The maximum atomic E-state index is 13.1. The van der Waals surface area contributed by atoms with Crippen LogP contribution in [0.15, 0.2) is 18.2 Å². The summed E-state index contributed by atoms with van der Waals surface area (Å²) < 4.78 is 49.9. The highest BCUT2D eigenvalue weighted by molar-refractivity contribution is 5.28. The second-order valence-electron chi connectivity index (χ2n) is 3.42. The van der Waals surface area contributed by atoms with Crippen LogP contribution >= 0.6 is 0 Å². The SMILES string of the molecule is NCC[C@H](N)c1ccc(C(F)(F)F)c(F)c1. The van der Waals surface area contributed by atoms with Crippen molar-refractivity contribution in [3.63, 3.8) is 0 Å². The summed E-state index contributed by atoms with van der Waals surface area (Å²) in [6.45, 7) is 0.295. The Morgan fingerprint density at radius 2 is 1.88 bits per heavy atom. The number of hydrogen-bond donors (Lipinski definition) is 2. The van der Waals surface area contributed by atoms with E-state index in [4.69, 9.17) is 11.5 Å². The van der Waals surface area contributed by atoms with Crippen LogP contribution in [0.4, 0.5) is 17.6 Å². The molecule has 0 radical (unpaired) electrons. The van der Waals surface area contributed by atoms with E-state index in [9.17, 15) is 17.6 Å². The molecule has 0 unspecified atom stereocenters. The molecule has 1 rings (SSSR count). The number of alkyl halides is 3. The van der Waals surface area contributed by atoms with E-state index >= 15 is 0 Å². The first-order chi connectivity index (χ1) is 7.36. The van der Waals surface area contributed by atoms with Gasteiger partial charge in [0.2, 0.25) is 0 Å². The predicted molar refractivity (Wildman–Crippen MR) is 52.0 cm³/mol. The molecule has 0 aliphatic heterocycles. The zero-order valence-corrected chi connectivity index (χ0v) is 8.39. The van der Waals surface area contributed by atoms with E-state index in [0.717, 1.165) is 6.07 Å². The Morgan fingerprint density at radius 1 is 1.25 bits per heavy atom. The van der Waals surface area contributed by atoms with Crippen molar-refractivity contribution in [3.8, 4) is 0 Å². The minimum atomic E-state index is -4.68. The fourth-order valence-corrected chi connectivity index (χ4v) is 1.34. The molecule has 0 amide bonds. The standard InChI is InChI=1S/C10H12F4N2/c11-8-5-6(9(16)3-4-15)1-2-7(8)10(12,13)14/h1-2,5,9H,3-4,15-16H2/t9-/m0/s1. The fourth-order valence-electron chi connectivity index (χ4n) is 1.34. The van der Waals surface area contributed by atoms with E-state index in [1.54, 1.807) is 0 Å². The van der Waals surface area contributed by atoms with Crippen LogP contribution in [0.25, 0.3) is 0 Å². The lowest BCUT2D eigenvalue weighted by molar-refractivity contribution is -0.140. The first kappa shape index (κ1) is 12.9. The molecule has 0 saturated heterocycles. The molecule has 16 heavy (non-hydrogen) atoms. The summed E-state index contributed by atoms with van der Waals surface area (Å²) >= 11 is 0. The van der Waals surface area contributed by atoms with Crippen LogP contribution in [0.5, 0.6) is 0 Å². The number of benzene rings is 1. The molecule has 0 fully saturated rings. The van der Waals surface area contributed by atoms with Gasteiger partial charge in [0.1, 0.15) is 5.82 Å². The van der Waals surface area contributed by atoms with Gasteiger partial charge in [0.25, 0.3) is 0 Å². The summed E-state index contributed by atoms with van der Waals surface area (Å²) in [6, 6.07) is 2.14. The summed E-state index contributed by atoms with van der Waals surface area (Å²) in [6.07, 6.45) is -4.29. The molecule has 0 aromatic heterocycles. The van der Waals surface area contributed by atoms with Crippen molar-refractivity contribution in [2.45, 2.75) is 18.6 Å². The Hall–Kier alpha value is -1.14. The smallest absolute Gasteiger partial charge is 0.330 e. The van der Waals surface area contributed by atoms with Crippen LogP contribution in [0.3, 0.4) is 0 Å². The lowest BCUT2D eigenvalue weighted by Gasteiger charge is -2.13. The summed E-state index contributed by atoms with van der Waals surface area (Å²) in [5, 5.41) is 0. The Balaban J connectivity index is 3.00. The first-order valence-corrected chi connectivity index (χ1v) is 4.68. The topological polar surface area (TPSA) is 52.0 Å². The highest BCUT2D eigenvalue weighted by atomic mass is 19.4. The van der Waals surface area contributed by atoms with Crippen molar-refractivity contribution < 1.29 is 17.6 Å². The van der Waals surface area contributed by atoms with Crippen LogP contribution in [0.1, 0.15) is 23.6 Å². The van der Waals surface area contributed by atoms with Crippen LogP contribution in [-0.2, 0) is 6.18 Å². The minimum Gasteiger partial charge on any atom is -0.330 e. The van der Waals surface area contributed by atoms with Crippen LogP contribution in [-0.4, -0.2) is 6.54 Å². The van der Waals surface area contributed by atoms with E-state index in [0.29, 0.717) is 24.6 Å². The van der Waals surface area contributed by atoms with Gasteiger partial charge in [-0.25, -0.2) is 4.39 Å². The Bertz CT molecular complexity index is 362. The highest BCUT2D eigenvalue weighted by Gasteiger charge is 2.34.